The maximum Gasteiger partial charge on any atom is 0.497 e. The second kappa shape index (κ2) is 6.78. The first kappa shape index (κ1) is 17.9. The molecule has 132 valence electrons. The van der Waals surface area contributed by atoms with Crippen molar-refractivity contribution >= 4 is 12.6 Å². The van der Waals surface area contributed by atoms with Crippen LogP contribution in [0.5, 0.6) is 0 Å². The van der Waals surface area contributed by atoms with Gasteiger partial charge in [-0.1, -0.05) is 31.4 Å². The summed E-state index contributed by atoms with van der Waals surface area (Å²) in [6.45, 7) is 8.70. The third kappa shape index (κ3) is 3.68. The summed E-state index contributed by atoms with van der Waals surface area (Å²) in [6, 6.07) is 5.84. The SMILES string of the molecule is CC1(C)OB(c2cc(CNC3CCCCC3)ccc2F)OC1(C)C. The molecule has 0 bridgehead atoms. The van der Waals surface area contributed by atoms with Gasteiger partial charge in [-0.15, -0.1) is 0 Å². The van der Waals surface area contributed by atoms with Crippen molar-refractivity contribution in [2.24, 2.45) is 0 Å². The van der Waals surface area contributed by atoms with Gasteiger partial charge in [-0.25, -0.2) is 4.39 Å². The van der Waals surface area contributed by atoms with E-state index in [9.17, 15) is 4.39 Å². The molecule has 1 aliphatic carbocycles. The number of hydrogen-bond acceptors (Lipinski definition) is 3. The van der Waals surface area contributed by atoms with Gasteiger partial charge in [0.05, 0.1) is 11.2 Å². The summed E-state index contributed by atoms with van der Waals surface area (Å²) in [4.78, 5) is 0. The zero-order valence-electron chi connectivity index (χ0n) is 15.3. The van der Waals surface area contributed by atoms with Crippen LogP contribution in [0.4, 0.5) is 4.39 Å². The largest absolute Gasteiger partial charge is 0.497 e. The number of rotatable bonds is 4. The first-order valence-electron chi connectivity index (χ1n) is 9.16. The highest BCUT2D eigenvalue weighted by Gasteiger charge is 2.52. The topological polar surface area (TPSA) is 30.5 Å². The fraction of sp³-hybridized carbons (Fsp3) is 0.684. The molecule has 2 aliphatic rings. The van der Waals surface area contributed by atoms with Crippen LogP contribution < -0.4 is 10.8 Å². The van der Waals surface area contributed by atoms with Crippen molar-refractivity contribution in [1.29, 1.82) is 0 Å². The molecule has 2 fully saturated rings. The van der Waals surface area contributed by atoms with Crippen LogP contribution in [0.1, 0.15) is 65.4 Å². The molecule has 0 radical (unpaired) electrons. The van der Waals surface area contributed by atoms with Crippen LogP contribution in [0, 0.1) is 5.82 Å². The van der Waals surface area contributed by atoms with E-state index < -0.39 is 18.3 Å². The Hall–Kier alpha value is -0.905. The number of hydrogen-bond donors (Lipinski definition) is 1. The van der Waals surface area contributed by atoms with Gasteiger partial charge in [-0.05, 0) is 52.2 Å². The Balaban J connectivity index is 1.70. The van der Waals surface area contributed by atoms with Gasteiger partial charge in [0.1, 0.15) is 5.82 Å². The van der Waals surface area contributed by atoms with E-state index in [0.29, 0.717) is 11.5 Å². The molecule has 0 unspecified atom stereocenters. The van der Waals surface area contributed by atoms with Gasteiger partial charge in [0.2, 0.25) is 0 Å². The lowest BCUT2D eigenvalue weighted by Gasteiger charge is -2.32. The molecule has 1 aliphatic heterocycles. The van der Waals surface area contributed by atoms with Gasteiger partial charge < -0.3 is 14.6 Å². The minimum Gasteiger partial charge on any atom is -0.399 e. The van der Waals surface area contributed by atoms with Crippen molar-refractivity contribution in [3.8, 4) is 0 Å². The van der Waals surface area contributed by atoms with Crippen molar-refractivity contribution < 1.29 is 13.7 Å². The van der Waals surface area contributed by atoms with Crippen molar-refractivity contribution in [2.75, 3.05) is 0 Å². The summed E-state index contributed by atoms with van der Waals surface area (Å²) < 4.78 is 26.3. The van der Waals surface area contributed by atoms with E-state index in [2.05, 4.69) is 5.32 Å². The highest BCUT2D eigenvalue weighted by atomic mass is 19.1. The predicted octanol–water partition coefficient (Wildman–Crippen LogP) is 3.55. The Morgan fingerprint density at radius 2 is 1.71 bits per heavy atom. The third-order valence-electron chi connectivity index (χ3n) is 5.77. The van der Waals surface area contributed by atoms with Crippen molar-refractivity contribution in [1.82, 2.24) is 5.32 Å². The Morgan fingerprint density at radius 3 is 2.33 bits per heavy atom. The highest BCUT2D eigenvalue weighted by Crippen LogP contribution is 2.36. The Morgan fingerprint density at radius 1 is 1.08 bits per heavy atom. The van der Waals surface area contributed by atoms with Crippen LogP contribution in [0.2, 0.25) is 0 Å². The van der Waals surface area contributed by atoms with Crippen molar-refractivity contribution in [3.63, 3.8) is 0 Å². The summed E-state index contributed by atoms with van der Waals surface area (Å²) in [7, 11) is -0.648. The minimum absolute atomic E-state index is 0.269. The Kier molecular flexibility index (Phi) is 5.05. The summed E-state index contributed by atoms with van der Waals surface area (Å²) in [6.07, 6.45) is 6.44. The summed E-state index contributed by atoms with van der Waals surface area (Å²) in [5.74, 6) is -0.269. The zero-order chi connectivity index (χ0) is 17.4. The maximum absolute atomic E-state index is 14.3. The first-order chi connectivity index (χ1) is 11.3. The average molecular weight is 333 g/mol. The Labute approximate surface area is 145 Å². The number of benzene rings is 1. The molecule has 1 heterocycles. The molecule has 1 aromatic rings. The van der Waals surface area contributed by atoms with Crippen LogP contribution in [-0.2, 0) is 15.9 Å². The molecule has 24 heavy (non-hydrogen) atoms. The van der Waals surface area contributed by atoms with E-state index in [1.807, 2.05) is 39.8 Å². The molecule has 1 saturated heterocycles. The van der Waals surface area contributed by atoms with Crippen LogP contribution in [0.15, 0.2) is 18.2 Å². The quantitative estimate of drug-likeness (QED) is 0.855. The summed E-state index contributed by atoms with van der Waals surface area (Å²) in [5, 5.41) is 3.60. The lowest BCUT2D eigenvalue weighted by Crippen LogP contribution is -2.41. The van der Waals surface area contributed by atoms with Gasteiger partial charge in [0, 0.05) is 18.0 Å². The molecule has 0 amide bonds. The standard InChI is InChI=1S/C19H29BFNO2/c1-18(2)19(3,4)24-20(23-18)16-12-14(10-11-17(16)21)13-22-15-8-6-5-7-9-15/h10-12,15,22H,5-9,13H2,1-4H3. The van der Waals surface area contributed by atoms with Crippen molar-refractivity contribution in [3.05, 3.63) is 29.6 Å². The third-order valence-corrected chi connectivity index (χ3v) is 5.77. The molecule has 3 rings (SSSR count). The van der Waals surface area contributed by atoms with Crippen LogP contribution >= 0.6 is 0 Å². The predicted molar refractivity (Wildman–Crippen MR) is 95.8 cm³/mol. The van der Waals surface area contributed by atoms with E-state index in [-0.39, 0.29) is 5.82 Å². The number of nitrogens with one attached hydrogen (secondary N) is 1. The smallest absolute Gasteiger partial charge is 0.399 e. The minimum atomic E-state index is -0.648. The molecule has 0 atom stereocenters. The van der Waals surface area contributed by atoms with Gasteiger partial charge in [0.15, 0.2) is 0 Å². The summed E-state index contributed by atoms with van der Waals surface area (Å²) in [5.41, 5.74) is 0.657. The highest BCUT2D eigenvalue weighted by molar-refractivity contribution is 6.62. The van der Waals surface area contributed by atoms with Gasteiger partial charge in [-0.3, -0.25) is 0 Å². The molecule has 1 N–H and O–H groups in total. The van der Waals surface area contributed by atoms with Crippen LogP contribution in [-0.4, -0.2) is 24.4 Å². The fourth-order valence-electron chi connectivity index (χ4n) is 3.42. The maximum atomic E-state index is 14.3. The monoisotopic (exact) mass is 333 g/mol. The van der Waals surface area contributed by atoms with E-state index >= 15 is 0 Å². The lowest BCUT2D eigenvalue weighted by atomic mass is 9.78. The van der Waals surface area contributed by atoms with E-state index in [1.54, 1.807) is 0 Å². The molecule has 0 spiro atoms. The van der Waals surface area contributed by atoms with Crippen LogP contribution in [0.25, 0.3) is 0 Å². The lowest BCUT2D eigenvalue weighted by molar-refractivity contribution is 0.00578. The number of halogens is 1. The molecular weight excluding hydrogens is 304 g/mol. The molecule has 5 heteroatoms. The van der Waals surface area contributed by atoms with Gasteiger partial charge >= 0.3 is 7.12 Å². The molecular formula is C19H29BFNO2. The van der Waals surface area contributed by atoms with E-state index in [4.69, 9.17) is 9.31 Å². The van der Waals surface area contributed by atoms with E-state index in [1.165, 1.54) is 38.2 Å². The first-order valence-corrected chi connectivity index (χ1v) is 9.16. The normalized spacial score (nSPS) is 23.6. The molecule has 1 saturated carbocycles. The van der Waals surface area contributed by atoms with Gasteiger partial charge in [-0.2, -0.15) is 0 Å². The van der Waals surface area contributed by atoms with E-state index in [0.717, 1.165) is 12.1 Å². The average Bonchev–Trinajstić information content (AvgIpc) is 2.75. The molecule has 1 aromatic carbocycles. The van der Waals surface area contributed by atoms with Crippen molar-refractivity contribution in [2.45, 2.75) is 83.6 Å². The zero-order valence-corrected chi connectivity index (χ0v) is 15.3. The van der Waals surface area contributed by atoms with Crippen LogP contribution in [0.3, 0.4) is 0 Å². The second-order valence-electron chi connectivity index (χ2n) is 8.16. The second-order valence-corrected chi connectivity index (χ2v) is 8.16. The summed E-state index contributed by atoms with van der Waals surface area (Å²) >= 11 is 0. The fourth-order valence-corrected chi connectivity index (χ4v) is 3.42. The molecule has 3 nitrogen and oxygen atoms in total. The molecule has 0 aromatic heterocycles. The Bertz CT molecular complexity index is 569. The van der Waals surface area contributed by atoms with Gasteiger partial charge in [0.25, 0.3) is 0 Å².